The van der Waals surface area contributed by atoms with E-state index in [2.05, 4.69) is 29.4 Å². The number of piperidine rings is 1. The van der Waals surface area contributed by atoms with Gasteiger partial charge in [-0.05, 0) is 63.0 Å². The number of carbonyl (C=O) groups excluding carboxylic acids is 1. The standard InChI is InChI=1S/C16H26N4O/c1-3-20-10-4-5-13(11-20)12(2)18-14-6-8-15(9-7-14)19-16(17)21/h6-9,12-13,18H,3-5,10-11H2,1-2H3,(H3,17,19,21). The van der Waals surface area contributed by atoms with E-state index in [9.17, 15) is 4.79 Å². The number of anilines is 2. The van der Waals surface area contributed by atoms with Crippen LogP contribution in [0.2, 0.25) is 0 Å². The molecule has 1 heterocycles. The first-order valence-corrected chi connectivity index (χ1v) is 7.74. The Morgan fingerprint density at radius 1 is 1.38 bits per heavy atom. The highest BCUT2D eigenvalue weighted by atomic mass is 16.2. The number of urea groups is 1. The van der Waals surface area contributed by atoms with Crippen LogP contribution in [-0.2, 0) is 0 Å². The van der Waals surface area contributed by atoms with Crippen molar-refractivity contribution in [1.82, 2.24) is 4.90 Å². The molecule has 0 aliphatic carbocycles. The fraction of sp³-hybridized carbons (Fsp3) is 0.562. The van der Waals surface area contributed by atoms with Gasteiger partial charge in [-0.15, -0.1) is 0 Å². The Bertz CT molecular complexity index is 460. The maximum absolute atomic E-state index is 10.8. The summed E-state index contributed by atoms with van der Waals surface area (Å²) in [7, 11) is 0. The minimum atomic E-state index is -0.536. The van der Waals surface area contributed by atoms with Gasteiger partial charge in [0.05, 0.1) is 0 Å². The zero-order chi connectivity index (χ0) is 15.2. The molecule has 5 nitrogen and oxygen atoms in total. The van der Waals surface area contributed by atoms with E-state index in [1.165, 1.54) is 25.9 Å². The smallest absolute Gasteiger partial charge is 0.316 e. The molecule has 1 fully saturated rings. The third-order valence-corrected chi connectivity index (χ3v) is 4.24. The van der Waals surface area contributed by atoms with E-state index in [1.54, 1.807) is 0 Å². The quantitative estimate of drug-likeness (QED) is 0.781. The summed E-state index contributed by atoms with van der Waals surface area (Å²) in [5.41, 5.74) is 6.89. The summed E-state index contributed by atoms with van der Waals surface area (Å²) in [4.78, 5) is 13.3. The van der Waals surface area contributed by atoms with Crippen molar-refractivity contribution in [1.29, 1.82) is 0 Å². The molecule has 2 amide bonds. The predicted molar refractivity (Wildman–Crippen MR) is 87.6 cm³/mol. The Balaban J connectivity index is 1.89. The molecule has 5 heteroatoms. The molecule has 0 spiro atoms. The summed E-state index contributed by atoms with van der Waals surface area (Å²) in [6.07, 6.45) is 2.57. The maximum Gasteiger partial charge on any atom is 0.316 e. The average Bonchev–Trinajstić information content (AvgIpc) is 2.49. The molecule has 1 aromatic carbocycles. The summed E-state index contributed by atoms with van der Waals surface area (Å²) in [5, 5.41) is 6.13. The molecular weight excluding hydrogens is 264 g/mol. The van der Waals surface area contributed by atoms with Gasteiger partial charge >= 0.3 is 6.03 Å². The molecule has 0 bridgehead atoms. The molecule has 2 atom stereocenters. The summed E-state index contributed by atoms with van der Waals surface area (Å²) in [6.45, 7) is 8.01. The molecule has 4 N–H and O–H groups in total. The molecule has 21 heavy (non-hydrogen) atoms. The third kappa shape index (κ3) is 4.63. The Kier molecular flexibility index (Phi) is 5.44. The zero-order valence-electron chi connectivity index (χ0n) is 12.9. The monoisotopic (exact) mass is 290 g/mol. The highest BCUT2D eigenvalue weighted by Gasteiger charge is 2.23. The van der Waals surface area contributed by atoms with Crippen LogP contribution >= 0.6 is 0 Å². The van der Waals surface area contributed by atoms with Crippen LogP contribution < -0.4 is 16.4 Å². The second-order valence-corrected chi connectivity index (χ2v) is 5.80. The molecule has 0 saturated carbocycles. The van der Waals surface area contributed by atoms with Gasteiger partial charge in [0.1, 0.15) is 0 Å². The lowest BCUT2D eigenvalue weighted by molar-refractivity contribution is 0.172. The lowest BCUT2D eigenvalue weighted by atomic mass is 9.91. The minimum Gasteiger partial charge on any atom is -0.382 e. The van der Waals surface area contributed by atoms with E-state index < -0.39 is 6.03 Å². The second-order valence-electron chi connectivity index (χ2n) is 5.80. The van der Waals surface area contributed by atoms with Crippen LogP contribution in [0.1, 0.15) is 26.7 Å². The van der Waals surface area contributed by atoms with Crippen LogP contribution in [0.15, 0.2) is 24.3 Å². The van der Waals surface area contributed by atoms with Crippen LogP contribution in [-0.4, -0.2) is 36.6 Å². The third-order valence-electron chi connectivity index (χ3n) is 4.24. The predicted octanol–water partition coefficient (Wildman–Crippen LogP) is 2.71. The van der Waals surface area contributed by atoms with E-state index in [0.29, 0.717) is 12.0 Å². The fourth-order valence-corrected chi connectivity index (χ4v) is 2.96. The van der Waals surface area contributed by atoms with Gasteiger partial charge < -0.3 is 21.3 Å². The van der Waals surface area contributed by atoms with Gasteiger partial charge in [0.25, 0.3) is 0 Å². The molecule has 1 saturated heterocycles. The van der Waals surface area contributed by atoms with Gasteiger partial charge in [-0.3, -0.25) is 0 Å². The zero-order valence-corrected chi connectivity index (χ0v) is 12.9. The highest BCUT2D eigenvalue weighted by molar-refractivity contribution is 5.87. The average molecular weight is 290 g/mol. The van der Waals surface area contributed by atoms with E-state index in [-0.39, 0.29) is 0 Å². The molecule has 116 valence electrons. The van der Waals surface area contributed by atoms with Crippen molar-refractivity contribution in [2.45, 2.75) is 32.7 Å². The van der Waals surface area contributed by atoms with E-state index in [0.717, 1.165) is 17.9 Å². The lowest BCUT2D eigenvalue weighted by Crippen LogP contribution is -2.41. The second kappa shape index (κ2) is 7.31. The lowest BCUT2D eigenvalue weighted by Gasteiger charge is -2.35. The molecule has 2 rings (SSSR count). The number of nitrogens with zero attached hydrogens (tertiary/aromatic N) is 1. The van der Waals surface area contributed by atoms with Crippen molar-refractivity contribution < 1.29 is 4.79 Å². The topological polar surface area (TPSA) is 70.4 Å². The first-order valence-electron chi connectivity index (χ1n) is 7.74. The van der Waals surface area contributed by atoms with Crippen LogP contribution in [0.3, 0.4) is 0 Å². The van der Waals surface area contributed by atoms with E-state index in [1.807, 2.05) is 24.3 Å². The van der Waals surface area contributed by atoms with Crippen LogP contribution in [0, 0.1) is 5.92 Å². The first-order chi connectivity index (χ1) is 10.1. The van der Waals surface area contributed by atoms with E-state index in [4.69, 9.17) is 5.73 Å². The molecule has 1 aliphatic rings. The fourth-order valence-electron chi connectivity index (χ4n) is 2.96. The minimum absolute atomic E-state index is 0.439. The number of amides is 2. The Morgan fingerprint density at radius 3 is 2.67 bits per heavy atom. The Hall–Kier alpha value is -1.75. The van der Waals surface area contributed by atoms with Gasteiger partial charge in [0.15, 0.2) is 0 Å². The van der Waals surface area contributed by atoms with Crippen molar-refractivity contribution in [3.8, 4) is 0 Å². The molecule has 1 aliphatic heterocycles. The van der Waals surface area contributed by atoms with Gasteiger partial charge in [0, 0.05) is 24.0 Å². The van der Waals surface area contributed by atoms with Gasteiger partial charge in [-0.2, -0.15) is 0 Å². The van der Waals surface area contributed by atoms with Gasteiger partial charge in [-0.1, -0.05) is 6.92 Å². The van der Waals surface area contributed by atoms with Crippen LogP contribution in [0.4, 0.5) is 16.2 Å². The van der Waals surface area contributed by atoms with Crippen molar-refractivity contribution in [2.24, 2.45) is 11.7 Å². The Labute approximate surface area is 126 Å². The van der Waals surface area contributed by atoms with Crippen molar-refractivity contribution in [3.05, 3.63) is 24.3 Å². The van der Waals surface area contributed by atoms with Crippen molar-refractivity contribution in [2.75, 3.05) is 30.3 Å². The summed E-state index contributed by atoms with van der Waals surface area (Å²) < 4.78 is 0. The molecule has 1 aromatic rings. The number of nitrogens with one attached hydrogen (secondary N) is 2. The van der Waals surface area contributed by atoms with Gasteiger partial charge in [-0.25, -0.2) is 4.79 Å². The number of rotatable bonds is 5. The highest BCUT2D eigenvalue weighted by Crippen LogP contribution is 2.23. The van der Waals surface area contributed by atoms with Crippen LogP contribution in [0.25, 0.3) is 0 Å². The normalized spacial score (nSPS) is 20.8. The number of hydrogen-bond donors (Lipinski definition) is 3. The number of hydrogen-bond acceptors (Lipinski definition) is 3. The molecule has 0 radical (unpaired) electrons. The number of benzene rings is 1. The number of primary amides is 1. The van der Waals surface area contributed by atoms with Gasteiger partial charge in [0.2, 0.25) is 0 Å². The summed E-state index contributed by atoms with van der Waals surface area (Å²) >= 11 is 0. The maximum atomic E-state index is 10.8. The van der Waals surface area contributed by atoms with Crippen molar-refractivity contribution in [3.63, 3.8) is 0 Å². The SMILES string of the molecule is CCN1CCCC(C(C)Nc2ccc(NC(N)=O)cc2)C1. The van der Waals surface area contributed by atoms with Crippen LogP contribution in [0.5, 0.6) is 0 Å². The summed E-state index contributed by atoms with van der Waals surface area (Å²) in [5.74, 6) is 0.683. The first kappa shape index (κ1) is 15.6. The summed E-state index contributed by atoms with van der Waals surface area (Å²) in [6, 6.07) is 7.57. The number of likely N-dealkylation sites (tertiary alicyclic amines) is 1. The largest absolute Gasteiger partial charge is 0.382 e. The molecule has 2 unspecified atom stereocenters. The number of carbonyl (C=O) groups is 1. The Morgan fingerprint density at radius 2 is 2.05 bits per heavy atom. The number of nitrogens with two attached hydrogens (primary N) is 1. The molecular formula is C16H26N4O. The van der Waals surface area contributed by atoms with E-state index >= 15 is 0 Å². The van der Waals surface area contributed by atoms with Crippen molar-refractivity contribution >= 4 is 17.4 Å². The molecule has 0 aromatic heterocycles.